The molecule has 0 bridgehead atoms. The van der Waals surface area contributed by atoms with E-state index in [1.54, 1.807) is 0 Å². The van der Waals surface area contributed by atoms with Crippen molar-refractivity contribution < 1.29 is 18.0 Å². The summed E-state index contributed by atoms with van der Waals surface area (Å²) >= 11 is 0. The SMILES string of the molecule is O=C1C(N2CCC(Cn3cnc(C(F)(F)F)cc3=O)CC2)CCN1C1CC1. The molecule has 0 spiro atoms. The molecule has 1 saturated carbocycles. The normalized spacial score (nSPS) is 25.4. The molecule has 1 aromatic rings. The second-order valence-corrected chi connectivity index (χ2v) is 7.81. The molecule has 9 heteroatoms. The third kappa shape index (κ3) is 3.88. The van der Waals surface area contributed by atoms with Crippen molar-refractivity contribution in [2.24, 2.45) is 5.92 Å². The number of nitrogens with zero attached hydrogens (tertiary/aromatic N) is 4. The van der Waals surface area contributed by atoms with E-state index >= 15 is 0 Å². The number of aromatic nitrogens is 2. The van der Waals surface area contributed by atoms with Gasteiger partial charge in [-0.1, -0.05) is 0 Å². The van der Waals surface area contributed by atoms with Gasteiger partial charge >= 0.3 is 6.18 Å². The summed E-state index contributed by atoms with van der Waals surface area (Å²) in [7, 11) is 0. The lowest BCUT2D eigenvalue weighted by atomic mass is 9.95. The second kappa shape index (κ2) is 6.92. The fraction of sp³-hybridized carbons (Fsp3) is 0.722. The van der Waals surface area contributed by atoms with E-state index in [2.05, 4.69) is 9.88 Å². The van der Waals surface area contributed by atoms with Gasteiger partial charge in [0.25, 0.3) is 5.56 Å². The number of amides is 1. The van der Waals surface area contributed by atoms with Gasteiger partial charge < -0.3 is 4.90 Å². The predicted molar refractivity (Wildman–Crippen MR) is 90.9 cm³/mol. The zero-order valence-corrected chi connectivity index (χ0v) is 15.0. The van der Waals surface area contributed by atoms with Gasteiger partial charge in [-0.2, -0.15) is 13.2 Å². The molecule has 0 N–H and O–H groups in total. The van der Waals surface area contributed by atoms with Gasteiger partial charge in [0.1, 0.15) is 0 Å². The van der Waals surface area contributed by atoms with Gasteiger partial charge in [0, 0.05) is 25.2 Å². The minimum absolute atomic E-state index is 0.0259. The summed E-state index contributed by atoms with van der Waals surface area (Å²) in [5.41, 5.74) is -1.83. The van der Waals surface area contributed by atoms with E-state index in [1.807, 2.05) is 4.90 Å². The molecule has 2 saturated heterocycles. The van der Waals surface area contributed by atoms with Crippen molar-refractivity contribution in [2.45, 2.75) is 56.9 Å². The zero-order chi connectivity index (χ0) is 19.2. The minimum Gasteiger partial charge on any atom is -0.338 e. The summed E-state index contributed by atoms with van der Waals surface area (Å²) in [5.74, 6) is 0.452. The molecule has 1 atom stereocenters. The summed E-state index contributed by atoms with van der Waals surface area (Å²) in [5, 5.41) is 0. The molecule has 1 amide bonds. The highest BCUT2D eigenvalue weighted by atomic mass is 19.4. The van der Waals surface area contributed by atoms with E-state index in [9.17, 15) is 22.8 Å². The molecule has 1 unspecified atom stereocenters. The van der Waals surface area contributed by atoms with Crippen LogP contribution in [0.1, 0.15) is 37.8 Å². The molecule has 0 aromatic carbocycles. The van der Waals surface area contributed by atoms with Crippen molar-refractivity contribution in [3.05, 3.63) is 28.4 Å². The number of hydrogen-bond donors (Lipinski definition) is 0. The molecule has 1 aliphatic carbocycles. The maximum atomic E-state index is 12.6. The zero-order valence-electron chi connectivity index (χ0n) is 15.0. The van der Waals surface area contributed by atoms with Crippen LogP contribution in [0.4, 0.5) is 13.2 Å². The molecule has 4 rings (SSSR count). The van der Waals surface area contributed by atoms with Gasteiger partial charge in [-0.05, 0) is 51.1 Å². The van der Waals surface area contributed by atoms with Crippen molar-refractivity contribution in [3.8, 4) is 0 Å². The number of piperidine rings is 1. The van der Waals surface area contributed by atoms with E-state index < -0.39 is 17.4 Å². The number of rotatable bonds is 4. The lowest BCUT2D eigenvalue weighted by Crippen LogP contribution is -2.46. The van der Waals surface area contributed by atoms with E-state index in [1.165, 1.54) is 4.57 Å². The largest absolute Gasteiger partial charge is 0.433 e. The number of hydrogen-bond acceptors (Lipinski definition) is 4. The Morgan fingerprint density at radius 2 is 1.74 bits per heavy atom. The minimum atomic E-state index is -4.61. The maximum absolute atomic E-state index is 12.6. The lowest BCUT2D eigenvalue weighted by Gasteiger charge is -2.35. The first-order valence-corrected chi connectivity index (χ1v) is 9.51. The highest BCUT2D eigenvalue weighted by Gasteiger charge is 2.43. The van der Waals surface area contributed by atoms with Crippen LogP contribution in [0.25, 0.3) is 0 Å². The molecule has 2 aliphatic heterocycles. The third-order valence-corrected chi connectivity index (χ3v) is 5.91. The monoisotopic (exact) mass is 384 g/mol. The van der Waals surface area contributed by atoms with Crippen LogP contribution in [0.5, 0.6) is 0 Å². The van der Waals surface area contributed by atoms with Crippen molar-refractivity contribution in [1.29, 1.82) is 0 Å². The Labute approximate surface area is 155 Å². The van der Waals surface area contributed by atoms with Crippen molar-refractivity contribution >= 4 is 5.91 Å². The van der Waals surface area contributed by atoms with Crippen LogP contribution in [0.15, 0.2) is 17.2 Å². The molecule has 0 radical (unpaired) electrons. The molecule has 6 nitrogen and oxygen atoms in total. The number of alkyl halides is 3. The molecule has 27 heavy (non-hydrogen) atoms. The smallest absolute Gasteiger partial charge is 0.338 e. The highest BCUT2D eigenvalue weighted by molar-refractivity contribution is 5.84. The summed E-state index contributed by atoms with van der Waals surface area (Å²) in [4.78, 5) is 32.1. The topological polar surface area (TPSA) is 58.4 Å². The number of carbonyl (C=O) groups excluding carboxylic acids is 1. The predicted octanol–water partition coefficient (Wildman–Crippen LogP) is 1.74. The fourth-order valence-electron chi connectivity index (χ4n) is 4.22. The van der Waals surface area contributed by atoms with Gasteiger partial charge in [0.15, 0.2) is 5.69 Å². The molecule has 3 heterocycles. The maximum Gasteiger partial charge on any atom is 0.433 e. The molecule has 3 fully saturated rings. The Hall–Kier alpha value is -1.90. The van der Waals surface area contributed by atoms with Crippen LogP contribution < -0.4 is 5.56 Å². The van der Waals surface area contributed by atoms with Crippen LogP contribution in [0, 0.1) is 5.92 Å². The summed E-state index contributed by atoms with van der Waals surface area (Å²) < 4.78 is 39.1. The van der Waals surface area contributed by atoms with Crippen LogP contribution in [-0.2, 0) is 17.5 Å². The van der Waals surface area contributed by atoms with Gasteiger partial charge in [-0.15, -0.1) is 0 Å². The first-order chi connectivity index (χ1) is 12.8. The Morgan fingerprint density at radius 1 is 1.04 bits per heavy atom. The Morgan fingerprint density at radius 3 is 2.33 bits per heavy atom. The summed E-state index contributed by atoms with van der Waals surface area (Å²) in [6, 6.07) is 0.986. The second-order valence-electron chi connectivity index (χ2n) is 7.81. The molecular formula is C18H23F3N4O2. The Balaban J connectivity index is 1.32. The third-order valence-electron chi connectivity index (χ3n) is 5.91. The van der Waals surface area contributed by atoms with Gasteiger partial charge in [0.05, 0.1) is 12.4 Å². The molecular weight excluding hydrogens is 361 g/mol. The molecule has 3 aliphatic rings. The average molecular weight is 384 g/mol. The summed E-state index contributed by atoms with van der Waals surface area (Å²) in [6.07, 6.45) is 1.15. The van der Waals surface area contributed by atoms with E-state index in [-0.39, 0.29) is 17.9 Å². The van der Waals surface area contributed by atoms with Gasteiger partial charge in [-0.3, -0.25) is 19.1 Å². The van der Waals surface area contributed by atoms with Crippen LogP contribution in [0.2, 0.25) is 0 Å². The van der Waals surface area contributed by atoms with Crippen LogP contribution in [-0.4, -0.2) is 57.0 Å². The molecule has 1 aromatic heterocycles. The van der Waals surface area contributed by atoms with Gasteiger partial charge in [0.2, 0.25) is 5.91 Å². The van der Waals surface area contributed by atoms with Crippen molar-refractivity contribution in [2.75, 3.05) is 19.6 Å². The summed E-state index contributed by atoms with van der Waals surface area (Å²) in [6.45, 7) is 2.77. The fourth-order valence-corrected chi connectivity index (χ4v) is 4.22. The number of halogens is 3. The molecule has 148 valence electrons. The van der Waals surface area contributed by atoms with Crippen molar-refractivity contribution in [1.82, 2.24) is 19.4 Å². The first-order valence-electron chi connectivity index (χ1n) is 9.51. The van der Waals surface area contributed by atoms with Crippen molar-refractivity contribution in [3.63, 3.8) is 0 Å². The standard InChI is InChI=1S/C18H23F3N4O2/c19-18(20,21)15-9-16(26)24(11-22-15)10-12-3-6-23(7-4-12)14-5-8-25(17(14)27)13-1-2-13/h9,11-14H,1-8,10H2. The van der Waals surface area contributed by atoms with Gasteiger partial charge in [-0.25, -0.2) is 4.98 Å². The van der Waals surface area contributed by atoms with Crippen LogP contribution >= 0.6 is 0 Å². The number of likely N-dealkylation sites (tertiary alicyclic amines) is 2. The lowest BCUT2D eigenvalue weighted by molar-refractivity contribution is -0.141. The van der Waals surface area contributed by atoms with E-state index in [4.69, 9.17) is 0 Å². The highest BCUT2D eigenvalue weighted by Crippen LogP contribution is 2.33. The van der Waals surface area contributed by atoms with E-state index in [0.29, 0.717) is 18.7 Å². The van der Waals surface area contributed by atoms with Crippen LogP contribution in [0.3, 0.4) is 0 Å². The Bertz CT molecular complexity index is 767. The first kappa shape index (κ1) is 18.5. The Kier molecular flexibility index (Phi) is 4.73. The number of carbonyl (C=O) groups is 1. The average Bonchev–Trinajstić information content (AvgIpc) is 3.39. The van der Waals surface area contributed by atoms with E-state index in [0.717, 1.165) is 58.1 Å². The quantitative estimate of drug-likeness (QED) is 0.794.